The lowest BCUT2D eigenvalue weighted by Gasteiger charge is -2.07. The fraction of sp³-hybridized carbons (Fsp3) is 0.500. The molecule has 0 radical (unpaired) electrons. The van der Waals surface area contributed by atoms with Crippen molar-refractivity contribution in [3.05, 3.63) is 11.8 Å². The molecule has 1 heterocycles. The van der Waals surface area contributed by atoms with Gasteiger partial charge in [-0.2, -0.15) is 5.10 Å². The molecule has 5 N–H and O–H groups in total. The van der Waals surface area contributed by atoms with Gasteiger partial charge in [-0.25, -0.2) is 0 Å². The molecule has 0 aromatic carbocycles. The summed E-state index contributed by atoms with van der Waals surface area (Å²) in [5, 5.41) is 17.8. The van der Waals surface area contributed by atoms with Crippen molar-refractivity contribution in [2.24, 2.45) is 0 Å². The quantitative estimate of drug-likeness (QED) is 0.523. The van der Waals surface area contributed by atoms with Crippen LogP contribution >= 0.6 is 0 Å². The van der Waals surface area contributed by atoms with E-state index in [-0.39, 0.29) is 18.3 Å². The topological polar surface area (TPSA) is 104 Å². The molecule has 6 heteroatoms. The highest BCUT2D eigenvalue weighted by molar-refractivity contribution is 5.92. The van der Waals surface area contributed by atoms with Gasteiger partial charge in [-0.1, -0.05) is 6.92 Å². The van der Waals surface area contributed by atoms with Gasteiger partial charge in [-0.05, 0) is 6.42 Å². The van der Waals surface area contributed by atoms with E-state index in [0.717, 1.165) is 0 Å². The molecule has 0 fully saturated rings. The maximum atomic E-state index is 11.3. The van der Waals surface area contributed by atoms with Gasteiger partial charge >= 0.3 is 0 Å². The molecule has 0 saturated carbocycles. The highest BCUT2D eigenvalue weighted by atomic mass is 16.3. The molecule has 0 aliphatic carbocycles. The van der Waals surface area contributed by atoms with Crippen molar-refractivity contribution >= 4 is 11.7 Å². The Morgan fingerprint density at radius 3 is 3.07 bits per heavy atom. The van der Waals surface area contributed by atoms with Crippen molar-refractivity contribution < 1.29 is 9.90 Å². The van der Waals surface area contributed by atoms with E-state index >= 15 is 0 Å². The first-order valence-corrected chi connectivity index (χ1v) is 4.40. The van der Waals surface area contributed by atoms with Crippen LogP contribution in [0.25, 0.3) is 0 Å². The number of hydrogen-bond donors (Lipinski definition) is 4. The number of H-pyrrole nitrogens is 1. The minimum absolute atomic E-state index is 0.230. The Labute approximate surface area is 81.5 Å². The number of amides is 1. The zero-order valence-corrected chi connectivity index (χ0v) is 7.95. The number of carbonyl (C=O) groups excluding carboxylic acids is 1. The van der Waals surface area contributed by atoms with Gasteiger partial charge in [0.1, 0.15) is 11.5 Å². The molecule has 1 aromatic rings. The van der Waals surface area contributed by atoms with Crippen LogP contribution in [0.2, 0.25) is 0 Å². The fourth-order valence-electron chi connectivity index (χ4n) is 0.904. The number of nitrogens with one attached hydrogen (secondary N) is 2. The second kappa shape index (κ2) is 4.61. The Kier molecular flexibility index (Phi) is 3.47. The number of aliphatic hydroxyl groups is 1. The summed E-state index contributed by atoms with van der Waals surface area (Å²) in [5.41, 5.74) is 5.62. The number of rotatable bonds is 4. The van der Waals surface area contributed by atoms with Crippen molar-refractivity contribution in [1.29, 1.82) is 0 Å². The van der Waals surface area contributed by atoms with E-state index in [0.29, 0.717) is 12.1 Å². The van der Waals surface area contributed by atoms with Gasteiger partial charge in [0.25, 0.3) is 5.91 Å². The smallest absolute Gasteiger partial charge is 0.269 e. The van der Waals surface area contributed by atoms with E-state index in [9.17, 15) is 9.90 Å². The summed E-state index contributed by atoms with van der Waals surface area (Å²) in [7, 11) is 0. The number of nitrogen functional groups attached to an aromatic ring is 1. The first-order valence-electron chi connectivity index (χ1n) is 4.40. The van der Waals surface area contributed by atoms with Crippen LogP contribution in [0.5, 0.6) is 0 Å². The van der Waals surface area contributed by atoms with Crippen LogP contribution < -0.4 is 11.1 Å². The largest absolute Gasteiger partial charge is 0.391 e. The van der Waals surface area contributed by atoms with Crippen LogP contribution in [0.3, 0.4) is 0 Å². The summed E-state index contributed by atoms with van der Waals surface area (Å²) in [6, 6.07) is 1.44. The van der Waals surface area contributed by atoms with Crippen LogP contribution in [-0.4, -0.2) is 33.9 Å². The highest BCUT2D eigenvalue weighted by Gasteiger charge is 2.09. The number of aromatic amines is 1. The molecule has 1 unspecified atom stereocenters. The average molecular weight is 198 g/mol. The third kappa shape index (κ3) is 2.74. The number of carbonyl (C=O) groups is 1. The molecule has 14 heavy (non-hydrogen) atoms. The van der Waals surface area contributed by atoms with Crippen LogP contribution in [-0.2, 0) is 0 Å². The number of anilines is 1. The molecule has 1 aromatic heterocycles. The van der Waals surface area contributed by atoms with Gasteiger partial charge in [0.05, 0.1) is 6.10 Å². The maximum absolute atomic E-state index is 11.3. The predicted molar refractivity (Wildman–Crippen MR) is 51.6 cm³/mol. The van der Waals surface area contributed by atoms with Crippen LogP contribution in [0.15, 0.2) is 6.07 Å². The minimum atomic E-state index is -0.515. The third-order valence-corrected chi connectivity index (χ3v) is 1.81. The standard InChI is InChI=1S/C8H14N4O2/c1-2-5(13)4-10-8(14)6-3-7(9)12-11-6/h3,5,13H,2,4H2,1H3,(H,10,14)(H3,9,11,12). The van der Waals surface area contributed by atoms with Crippen LogP contribution in [0.1, 0.15) is 23.8 Å². The molecule has 78 valence electrons. The number of nitrogens with zero attached hydrogens (tertiary/aromatic N) is 1. The van der Waals surface area contributed by atoms with Crippen molar-refractivity contribution in [2.45, 2.75) is 19.4 Å². The van der Waals surface area contributed by atoms with Crippen molar-refractivity contribution in [3.8, 4) is 0 Å². The Balaban J connectivity index is 2.43. The summed E-state index contributed by atoms with van der Waals surface area (Å²) in [4.78, 5) is 11.3. The second-order valence-corrected chi connectivity index (χ2v) is 2.98. The van der Waals surface area contributed by atoms with E-state index in [4.69, 9.17) is 5.73 Å². The summed E-state index contributed by atoms with van der Waals surface area (Å²) >= 11 is 0. The molecular formula is C8H14N4O2. The van der Waals surface area contributed by atoms with Crippen LogP contribution in [0.4, 0.5) is 5.82 Å². The number of aromatic nitrogens is 2. The molecular weight excluding hydrogens is 184 g/mol. The lowest BCUT2D eigenvalue weighted by Crippen LogP contribution is -2.31. The van der Waals surface area contributed by atoms with Crippen molar-refractivity contribution in [2.75, 3.05) is 12.3 Å². The first-order chi connectivity index (χ1) is 6.63. The fourth-order valence-corrected chi connectivity index (χ4v) is 0.904. The number of hydrogen-bond acceptors (Lipinski definition) is 4. The first kappa shape index (κ1) is 10.5. The summed E-state index contributed by atoms with van der Waals surface area (Å²) < 4.78 is 0. The van der Waals surface area contributed by atoms with E-state index in [1.54, 1.807) is 0 Å². The van der Waals surface area contributed by atoms with E-state index in [2.05, 4.69) is 15.5 Å². The monoisotopic (exact) mass is 198 g/mol. The molecule has 0 bridgehead atoms. The van der Waals surface area contributed by atoms with Gasteiger partial charge in [-0.15, -0.1) is 0 Å². The van der Waals surface area contributed by atoms with Gasteiger partial charge in [0.2, 0.25) is 0 Å². The van der Waals surface area contributed by atoms with E-state index in [1.165, 1.54) is 6.07 Å². The van der Waals surface area contributed by atoms with Crippen molar-refractivity contribution in [3.63, 3.8) is 0 Å². The Morgan fingerprint density at radius 1 is 1.86 bits per heavy atom. The molecule has 1 atom stereocenters. The second-order valence-electron chi connectivity index (χ2n) is 2.98. The zero-order valence-electron chi connectivity index (χ0n) is 7.95. The number of nitrogens with two attached hydrogens (primary N) is 1. The summed E-state index contributed by atoms with van der Waals surface area (Å²) in [6.45, 7) is 2.07. The SMILES string of the molecule is CCC(O)CNC(=O)c1cc(N)n[nH]1. The van der Waals surface area contributed by atoms with E-state index in [1.807, 2.05) is 6.92 Å². The molecule has 1 amide bonds. The molecule has 6 nitrogen and oxygen atoms in total. The summed E-state index contributed by atoms with van der Waals surface area (Å²) in [6.07, 6.45) is 0.0880. The van der Waals surface area contributed by atoms with Gasteiger partial charge in [0.15, 0.2) is 0 Å². The van der Waals surface area contributed by atoms with Gasteiger partial charge in [0, 0.05) is 12.6 Å². The Morgan fingerprint density at radius 2 is 2.57 bits per heavy atom. The zero-order chi connectivity index (χ0) is 10.6. The lowest BCUT2D eigenvalue weighted by molar-refractivity contribution is 0.0909. The molecule has 0 saturated heterocycles. The molecule has 0 spiro atoms. The average Bonchev–Trinajstić information content (AvgIpc) is 2.60. The van der Waals surface area contributed by atoms with E-state index < -0.39 is 6.10 Å². The van der Waals surface area contributed by atoms with Gasteiger partial charge in [-0.3, -0.25) is 9.89 Å². The summed E-state index contributed by atoms with van der Waals surface area (Å²) in [5.74, 6) is -0.0483. The predicted octanol–water partition coefficient (Wildman–Crippen LogP) is -0.507. The Bertz CT molecular complexity index is 310. The molecule has 0 aliphatic heterocycles. The third-order valence-electron chi connectivity index (χ3n) is 1.81. The van der Waals surface area contributed by atoms with Crippen molar-refractivity contribution in [1.82, 2.24) is 15.5 Å². The normalized spacial score (nSPS) is 12.4. The highest BCUT2D eigenvalue weighted by Crippen LogP contribution is 1.99. The number of aliphatic hydroxyl groups excluding tert-OH is 1. The van der Waals surface area contributed by atoms with Gasteiger partial charge < -0.3 is 16.2 Å². The lowest BCUT2D eigenvalue weighted by atomic mass is 10.3. The molecule has 1 rings (SSSR count). The maximum Gasteiger partial charge on any atom is 0.269 e. The van der Waals surface area contributed by atoms with Crippen LogP contribution in [0, 0.1) is 0 Å². The minimum Gasteiger partial charge on any atom is -0.391 e. The molecule has 0 aliphatic rings. The Hall–Kier alpha value is -1.56.